The average Bonchev–Trinajstić information content (AvgIpc) is 3.09. The van der Waals surface area contributed by atoms with E-state index in [0.717, 1.165) is 28.8 Å². The van der Waals surface area contributed by atoms with E-state index in [1.807, 2.05) is 0 Å². The summed E-state index contributed by atoms with van der Waals surface area (Å²) in [6.45, 7) is 3.26. The summed E-state index contributed by atoms with van der Waals surface area (Å²) in [4.78, 5) is 7.30. The number of halogens is 6. The van der Waals surface area contributed by atoms with E-state index in [-0.39, 0.29) is 17.2 Å². The molecule has 162 valence electrons. The van der Waals surface area contributed by atoms with E-state index in [9.17, 15) is 31.4 Å². The first-order chi connectivity index (χ1) is 13.9. The molecule has 0 fully saturated rings. The van der Waals surface area contributed by atoms with Crippen molar-refractivity contribution in [1.82, 2.24) is 19.6 Å². The molecule has 6 nitrogen and oxygen atoms in total. The van der Waals surface area contributed by atoms with Crippen LogP contribution in [0.15, 0.2) is 30.3 Å². The van der Waals surface area contributed by atoms with Gasteiger partial charge in [-0.3, -0.25) is 0 Å². The van der Waals surface area contributed by atoms with E-state index >= 15 is 0 Å². The Morgan fingerprint density at radius 2 is 1.67 bits per heavy atom. The molecule has 0 saturated heterocycles. The molecule has 0 bridgehead atoms. The zero-order valence-corrected chi connectivity index (χ0v) is 15.8. The summed E-state index contributed by atoms with van der Waals surface area (Å²) < 4.78 is 77.9. The number of nitrogens with one attached hydrogen (secondary N) is 1. The number of rotatable bonds is 5. The highest BCUT2D eigenvalue weighted by Crippen LogP contribution is 2.31. The fraction of sp³-hybridized carbons (Fsp3) is 0.389. The normalized spacial score (nSPS) is 14.7. The van der Waals surface area contributed by atoms with Gasteiger partial charge in [-0.2, -0.15) is 35.8 Å². The molecule has 0 spiro atoms. The van der Waals surface area contributed by atoms with Crippen molar-refractivity contribution in [3.8, 4) is 0 Å². The Hall–Kier alpha value is -2.89. The number of alkyl halides is 6. The molecular formula is C18H17F6N5O. The van der Waals surface area contributed by atoms with Crippen LogP contribution in [0.4, 0.5) is 32.2 Å². The number of hydrogen-bond donors (Lipinski definition) is 2. The first-order valence-corrected chi connectivity index (χ1v) is 8.83. The Balaban J connectivity index is 1.91. The van der Waals surface area contributed by atoms with Crippen molar-refractivity contribution in [3.05, 3.63) is 53.0 Å². The van der Waals surface area contributed by atoms with E-state index in [0.29, 0.717) is 12.1 Å². The molecule has 0 radical (unpaired) electrons. The van der Waals surface area contributed by atoms with E-state index in [2.05, 4.69) is 20.4 Å². The standard InChI is InChI=1S/C18H17F6N5O/c1-3-12(14(30)10-4-6-11(7-5-10)17(19,20)21)26-13-8-9(2)25-16-27-15(18(22,23)24)28-29(13)16/h4-8,12,14,26,30H,3H2,1-2H3. The Labute approximate surface area is 166 Å². The Bertz CT molecular complexity index is 1030. The van der Waals surface area contributed by atoms with Gasteiger partial charge in [0, 0.05) is 11.8 Å². The van der Waals surface area contributed by atoms with Crippen molar-refractivity contribution in [1.29, 1.82) is 0 Å². The van der Waals surface area contributed by atoms with Crippen LogP contribution in [0, 0.1) is 6.92 Å². The molecule has 12 heteroatoms. The molecule has 0 aliphatic heterocycles. The molecule has 0 aliphatic rings. The zero-order valence-electron chi connectivity index (χ0n) is 15.8. The van der Waals surface area contributed by atoms with Crippen LogP contribution >= 0.6 is 0 Å². The van der Waals surface area contributed by atoms with E-state index < -0.39 is 35.9 Å². The summed E-state index contributed by atoms with van der Waals surface area (Å²) in [6.07, 6.45) is -10.2. The first kappa shape index (κ1) is 21.8. The van der Waals surface area contributed by atoms with Gasteiger partial charge in [-0.05, 0) is 31.0 Å². The van der Waals surface area contributed by atoms with Crippen molar-refractivity contribution in [2.45, 2.75) is 44.8 Å². The number of hydrogen-bond acceptors (Lipinski definition) is 5. The molecule has 2 unspecified atom stereocenters. The van der Waals surface area contributed by atoms with Gasteiger partial charge in [-0.1, -0.05) is 19.1 Å². The van der Waals surface area contributed by atoms with Crippen LogP contribution in [-0.2, 0) is 12.4 Å². The largest absolute Gasteiger partial charge is 0.453 e. The maximum absolute atomic E-state index is 12.9. The third-order valence-electron chi connectivity index (χ3n) is 4.43. The fourth-order valence-corrected chi connectivity index (χ4v) is 2.91. The van der Waals surface area contributed by atoms with Crippen LogP contribution in [0.3, 0.4) is 0 Å². The molecule has 0 saturated carbocycles. The van der Waals surface area contributed by atoms with Crippen molar-refractivity contribution in [2.75, 3.05) is 5.32 Å². The predicted molar refractivity (Wildman–Crippen MR) is 94.6 cm³/mol. The van der Waals surface area contributed by atoms with Crippen molar-refractivity contribution in [3.63, 3.8) is 0 Å². The molecule has 2 atom stereocenters. The Morgan fingerprint density at radius 1 is 1.03 bits per heavy atom. The molecule has 2 heterocycles. The smallest absolute Gasteiger partial charge is 0.386 e. The van der Waals surface area contributed by atoms with Gasteiger partial charge in [-0.15, -0.1) is 5.10 Å². The second kappa shape index (κ2) is 7.74. The monoisotopic (exact) mass is 433 g/mol. The lowest BCUT2D eigenvalue weighted by Gasteiger charge is -2.24. The maximum atomic E-state index is 12.9. The van der Waals surface area contributed by atoms with Crippen molar-refractivity contribution < 1.29 is 31.4 Å². The minimum atomic E-state index is -4.76. The molecule has 0 amide bonds. The van der Waals surface area contributed by atoms with E-state index in [1.165, 1.54) is 6.07 Å². The van der Waals surface area contributed by atoms with Crippen LogP contribution in [0.25, 0.3) is 5.78 Å². The summed E-state index contributed by atoms with van der Waals surface area (Å²) in [5.41, 5.74) is -0.267. The molecular weight excluding hydrogens is 416 g/mol. The second-order valence-corrected chi connectivity index (χ2v) is 6.65. The molecule has 30 heavy (non-hydrogen) atoms. The predicted octanol–water partition coefficient (Wildman–Crippen LogP) is 4.39. The molecule has 2 N–H and O–H groups in total. The number of aromatic nitrogens is 4. The summed E-state index contributed by atoms with van der Waals surface area (Å²) in [6, 6.07) is 4.72. The molecule has 3 aromatic rings. The van der Waals surface area contributed by atoms with Gasteiger partial charge >= 0.3 is 12.4 Å². The first-order valence-electron chi connectivity index (χ1n) is 8.83. The third kappa shape index (κ3) is 4.48. The molecule has 1 aromatic carbocycles. The number of aliphatic hydroxyl groups is 1. The number of aryl methyl sites for hydroxylation is 1. The zero-order chi connectivity index (χ0) is 22.3. The van der Waals surface area contributed by atoms with Gasteiger partial charge in [0.1, 0.15) is 5.82 Å². The molecule has 0 aliphatic carbocycles. The summed E-state index contributed by atoms with van der Waals surface area (Å²) in [7, 11) is 0. The van der Waals surface area contributed by atoms with Crippen LogP contribution in [0.5, 0.6) is 0 Å². The lowest BCUT2D eigenvalue weighted by Crippen LogP contribution is -2.28. The SMILES string of the molecule is CCC(Nc1cc(C)nc2nc(C(F)(F)F)nn12)C(O)c1ccc(C(F)(F)F)cc1. The summed E-state index contributed by atoms with van der Waals surface area (Å²) in [5, 5.41) is 17.0. The minimum absolute atomic E-state index is 0.110. The maximum Gasteiger partial charge on any atom is 0.453 e. The topological polar surface area (TPSA) is 75.3 Å². The average molecular weight is 433 g/mol. The van der Waals surface area contributed by atoms with Gasteiger partial charge in [0.25, 0.3) is 11.6 Å². The quantitative estimate of drug-likeness (QED) is 0.584. The van der Waals surface area contributed by atoms with E-state index in [4.69, 9.17) is 0 Å². The third-order valence-corrected chi connectivity index (χ3v) is 4.43. The minimum Gasteiger partial charge on any atom is -0.386 e. The highest BCUT2D eigenvalue weighted by atomic mass is 19.4. The highest BCUT2D eigenvalue weighted by molar-refractivity contribution is 5.46. The van der Waals surface area contributed by atoms with Gasteiger partial charge in [0.15, 0.2) is 0 Å². The van der Waals surface area contributed by atoms with Crippen molar-refractivity contribution in [2.24, 2.45) is 0 Å². The van der Waals surface area contributed by atoms with Gasteiger partial charge in [0.05, 0.1) is 17.7 Å². The van der Waals surface area contributed by atoms with Gasteiger partial charge in [-0.25, -0.2) is 4.98 Å². The highest BCUT2D eigenvalue weighted by Gasteiger charge is 2.37. The fourth-order valence-electron chi connectivity index (χ4n) is 2.91. The van der Waals surface area contributed by atoms with Crippen LogP contribution in [-0.4, -0.2) is 30.7 Å². The number of fused-ring (bicyclic) bond motifs is 1. The lowest BCUT2D eigenvalue weighted by atomic mass is 9.99. The number of benzene rings is 1. The lowest BCUT2D eigenvalue weighted by molar-refractivity contribution is -0.144. The Morgan fingerprint density at radius 3 is 2.20 bits per heavy atom. The van der Waals surface area contributed by atoms with E-state index in [1.54, 1.807) is 13.8 Å². The number of nitrogens with zero attached hydrogens (tertiary/aromatic N) is 4. The van der Waals surface area contributed by atoms with Crippen molar-refractivity contribution >= 4 is 11.6 Å². The van der Waals surface area contributed by atoms with Crippen LogP contribution in [0.1, 0.15) is 42.1 Å². The van der Waals surface area contributed by atoms with Crippen LogP contribution in [0.2, 0.25) is 0 Å². The Kier molecular flexibility index (Phi) is 5.63. The molecule has 3 rings (SSSR count). The number of aliphatic hydroxyl groups excluding tert-OH is 1. The van der Waals surface area contributed by atoms with Gasteiger partial charge in [0.2, 0.25) is 0 Å². The second-order valence-electron chi connectivity index (χ2n) is 6.65. The summed E-state index contributed by atoms with van der Waals surface area (Å²) in [5.74, 6) is -1.53. The molecule has 2 aromatic heterocycles. The number of anilines is 1. The van der Waals surface area contributed by atoms with Gasteiger partial charge < -0.3 is 10.4 Å². The summed E-state index contributed by atoms with van der Waals surface area (Å²) >= 11 is 0. The van der Waals surface area contributed by atoms with Crippen LogP contribution < -0.4 is 5.32 Å².